The number of aromatic nitrogens is 6. The first-order valence-electron chi connectivity index (χ1n) is 11.5. The number of benzene rings is 1. The Morgan fingerprint density at radius 2 is 1.76 bits per heavy atom. The Morgan fingerprint density at radius 1 is 1.05 bits per heavy atom. The molecule has 41 heavy (non-hydrogen) atoms. The van der Waals surface area contributed by atoms with E-state index in [-0.39, 0.29) is 35.8 Å². The number of anilines is 3. The number of carboxylic acid groups (broad SMARTS) is 2. The van der Waals surface area contributed by atoms with E-state index in [2.05, 4.69) is 30.6 Å². The summed E-state index contributed by atoms with van der Waals surface area (Å²) in [6, 6.07) is 4.99. The van der Waals surface area contributed by atoms with Gasteiger partial charge in [0.15, 0.2) is 17.0 Å². The molecule has 0 fully saturated rings. The zero-order chi connectivity index (χ0) is 30.1. The molecule has 10 N–H and O–H groups in total. The molecule has 0 aliphatic carbocycles. The highest BCUT2D eigenvalue weighted by atomic mass is 19.1. The number of H-pyrrole nitrogens is 2. The number of nitrogens with zero attached hydrogens (tertiary/aromatic N) is 4. The molecule has 0 saturated carbocycles. The van der Waals surface area contributed by atoms with Gasteiger partial charge in [0.05, 0.1) is 18.4 Å². The standard InChI is InChI=1S/C19H20N8O5.C4H3FN2O2/c20-15-14-16(27-19(21)26-15)23-8-11(24-14)7-22-10-3-1-9(2-4-10)17(30)25-12(18(31)32)5-6-13(28)29;5-2-1-6-4(9)7-3(2)8/h1-4,8,12,22H,5-7H2,(H,25,30)(H,28,29)(H,31,32)(H4,20,21,23,26,27);1H,(H2,6,7,8,9). The van der Waals surface area contributed by atoms with Gasteiger partial charge in [-0.2, -0.15) is 14.4 Å². The molecular formula is C23H23FN10O7. The van der Waals surface area contributed by atoms with Gasteiger partial charge in [0.2, 0.25) is 11.8 Å². The summed E-state index contributed by atoms with van der Waals surface area (Å²) in [4.78, 5) is 74.5. The molecule has 214 valence electrons. The van der Waals surface area contributed by atoms with Crippen LogP contribution in [0.3, 0.4) is 0 Å². The van der Waals surface area contributed by atoms with Crippen LogP contribution in [-0.2, 0) is 16.1 Å². The van der Waals surface area contributed by atoms with Crippen LogP contribution >= 0.6 is 0 Å². The highest BCUT2D eigenvalue weighted by molar-refractivity contribution is 5.97. The summed E-state index contributed by atoms with van der Waals surface area (Å²) in [6.45, 7) is 0.300. The van der Waals surface area contributed by atoms with Crippen LogP contribution in [-0.4, -0.2) is 64.0 Å². The van der Waals surface area contributed by atoms with Crippen LogP contribution in [0.4, 0.5) is 21.8 Å². The fourth-order valence-electron chi connectivity index (χ4n) is 3.16. The first kappa shape index (κ1) is 29.6. The van der Waals surface area contributed by atoms with Gasteiger partial charge < -0.3 is 37.3 Å². The third kappa shape index (κ3) is 8.53. The van der Waals surface area contributed by atoms with Crippen LogP contribution in [0.15, 0.2) is 46.2 Å². The lowest BCUT2D eigenvalue weighted by Crippen LogP contribution is -2.41. The van der Waals surface area contributed by atoms with E-state index in [9.17, 15) is 28.4 Å². The smallest absolute Gasteiger partial charge is 0.326 e. The quantitative estimate of drug-likeness (QED) is 0.125. The van der Waals surface area contributed by atoms with Crippen molar-refractivity contribution in [3.63, 3.8) is 0 Å². The largest absolute Gasteiger partial charge is 0.481 e. The van der Waals surface area contributed by atoms with Gasteiger partial charge in [-0.05, 0) is 30.7 Å². The fraction of sp³-hybridized carbons (Fsp3) is 0.174. The predicted molar refractivity (Wildman–Crippen MR) is 141 cm³/mol. The minimum absolute atomic E-state index is 0.0101. The molecule has 4 aromatic rings. The number of hydrogen-bond donors (Lipinski definition) is 8. The van der Waals surface area contributed by atoms with Crippen molar-refractivity contribution < 1.29 is 29.0 Å². The van der Waals surface area contributed by atoms with Crippen LogP contribution in [0, 0.1) is 5.82 Å². The summed E-state index contributed by atoms with van der Waals surface area (Å²) in [5.41, 5.74) is 11.7. The number of aromatic amines is 2. The second-order valence-electron chi connectivity index (χ2n) is 8.15. The third-order valence-electron chi connectivity index (χ3n) is 5.15. The number of rotatable bonds is 9. The zero-order valence-corrected chi connectivity index (χ0v) is 20.9. The molecule has 1 unspecified atom stereocenters. The summed E-state index contributed by atoms with van der Waals surface area (Å²) in [5, 5.41) is 23.3. The Bertz CT molecular complexity index is 1690. The minimum Gasteiger partial charge on any atom is -0.481 e. The van der Waals surface area contributed by atoms with E-state index in [4.69, 9.17) is 21.7 Å². The van der Waals surface area contributed by atoms with Crippen molar-refractivity contribution in [3.8, 4) is 0 Å². The van der Waals surface area contributed by atoms with E-state index >= 15 is 0 Å². The van der Waals surface area contributed by atoms with Crippen molar-refractivity contribution in [3.05, 3.63) is 74.6 Å². The van der Waals surface area contributed by atoms with Crippen molar-refractivity contribution in [2.45, 2.75) is 25.4 Å². The summed E-state index contributed by atoms with van der Waals surface area (Å²) in [6.07, 6.45) is 1.64. The number of halogens is 1. The van der Waals surface area contributed by atoms with Crippen LogP contribution in [0.2, 0.25) is 0 Å². The van der Waals surface area contributed by atoms with Gasteiger partial charge in [-0.25, -0.2) is 19.6 Å². The van der Waals surface area contributed by atoms with Crippen LogP contribution in [0.5, 0.6) is 0 Å². The first-order chi connectivity index (χ1) is 19.4. The Hall–Kier alpha value is -5.94. The molecule has 1 aromatic carbocycles. The SMILES string of the molecule is Nc1nc(N)c2nc(CNc3ccc(C(=O)NC(CCC(=O)O)C(=O)O)cc3)cnc2n1.O=c1[nH]cc(F)c(=O)[nH]1. The van der Waals surface area contributed by atoms with Gasteiger partial charge in [-0.3, -0.25) is 19.4 Å². The minimum atomic E-state index is -1.30. The molecule has 18 heteroatoms. The molecule has 4 rings (SSSR count). The summed E-state index contributed by atoms with van der Waals surface area (Å²) >= 11 is 0. The average molecular weight is 570 g/mol. The van der Waals surface area contributed by atoms with Crippen LogP contribution in [0.1, 0.15) is 28.9 Å². The second-order valence-corrected chi connectivity index (χ2v) is 8.15. The number of nitrogen functional groups attached to an aromatic ring is 2. The number of aliphatic carboxylic acids is 2. The monoisotopic (exact) mass is 570 g/mol. The molecule has 0 bridgehead atoms. The number of nitrogens with one attached hydrogen (secondary N) is 4. The number of nitrogens with two attached hydrogens (primary N) is 2. The van der Waals surface area contributed by atoms with Crippen molar-refractivity contribution in [2.24, 2.45) is 0 Å². The topological polar surface area (TPSA) is 285 Å². The number of carbonyl (C=O) groups excluding carboxylic acids is 1. The first-order valence-corrected chi connectivity index (χ1v) is 11.5. The molecule has 0 saturated heterocycles. The van der Waals surface area contributed by atoms with Crippen molar-refractivity contribution in [1.82, 2.24) is 35.2 Å². The number of fused-ring (bicyclic) bond motifs is 1. The molecule has 3 aromatic heterocycles. The Labute approximate surface area is 227 Å². The summed E-state index contributed by atoms with van der Waals surface area (Å²) in [7, 11) is 0. The average Bonchev–Trinajstić information content (AvgIpc) is 2.92. The number of carboxylic acids is 2. The maximum absolute atomic E-state index is 12.3. The molecule has 0 aliphatic heterocycles. The van der Waals surface area contributed by atoms with E-state index in [0.29, 0.717) is 29.6 Å². The molecule has 1 atom stereocenters. The van der Waals surface area contributed by atoms with Gasteiger partial charge in [0.1, 0.15) is 6.04 Å². The summed E-state index contributed by atoms with van der Waals surface area (Å²) in [5.74, 6) is -3.92. The highest BCUT2D eigenvalue weighted by Gasteiger charge is 2.21. The highest BCUT2D eigenvalue weighted by Crippen LogP contribution is 2.16. The second kappa shape index (κ2) is 13.2. The maximum Gasteiger partial charge on any atom is 0.326 e. The van der Waals surface area contributed by atoms with Gasteiger partial charge in [0.25, 0.3) is 11.5 Å². The van der Waals surface area contributed by atoms with Crippen LogP contribution in [0.25, 0.3) is 11.2 Å². The van der Waals surface area contributed by atoms with E-state index < -0.39 is 41.0 Å². The lowest BCUT2D eigenvalue weighted by Gasteiger charge is -2.14. The van der Waals surface area contributed by atoms with E-state index in [1.165, 1.54) is 18.3 Å². The number of hydrogen-bond acceptors (Lipinski definition) is 12. The molecule has 17 nitrogen and oxygen atoms in total. The molecule has 0 spiro atoms. The molecular weight excluding hydrogens is 547 g/mol. The number of amides is 1. The maximum atomic E-state index is 12.3. The van der Waals surface area contributed by atoms with E-state index in [0.717, 1.165) is 0 Å². The normalized spacial score (nSPS) is 11.1. The molecule has 3 heterocycles. The predicted octanol–water partition coefficient (Wildman–Crippen LogP) is -0.554. The van der Waals surface area contributed by atoms with Gasteiger partial charge in [-0.1, -0.05) is 0 Å². The summed E-state index contributed by atoms with van der Waals surface area (Å²) < 4.78 is 12.0. The fourth-order valence-corrected chi connectivity index (χ4v) is 3.16. The number of carbonyl (C=O) groups is 3. The zero-order valence-electron chi connectivity index (χ0n) is 20.9. The lowest BCUT2D eigenvalue weighted by atomic mass is 10.1. The Morgan fingerprint density at radius 3 is 2.37 bits per heavy atom. The lowest BCUT2D eigenvalue weighted by molar-refractivity contribution is -0.140. The van der Waals surface area contributed by atoms with Gasteiger partial charge >= 0.3 is 17.6 Å². The van der Waals surface area contributed by atoms with Crippen molar-refractivity contribution in [2.75, 3.05) is 16.8 Å². The van der Waals surface area contributed by atoms with Gasteiger partial charge in [-0.15, -0.1) is 0 Å². The molecule has 0 radical (unpaired) electrons. The molecule has 0 aliphatic rings. The molecule has 1 amide bonds. The van der Waals surface area contributed by atoms with Crippen molar-refractivity contribution >= 4 is 46.5 Å². The van der Waals surface area contributed by atoms with E-state index in [1.54, 1.807) is 17.1 Å². The Balaban J connectivity index is 0.000000436. The van der Waals surface area contributed by atoms with Crippen LogP contribution < -0.4 is 33.3 Å². The van der Waals surface area contributed by atoms with Gasteiger partial charge in [0, 0.05) is 23.9 Å². The van der Waals surface area contributed by atoms with Crippen molar-refractivity contribution in [1.29, 1.82) is 0 Å². The van der Waals surface area contributed by atoms with E-state index in [1.807, 2.05) is 4.98 Å². The Kier molecular flexibility index (Phi) is 9.55. The third-order valence-corrected chi connectivity index (χ3v) is 5.15.